The summed E-state index contributed by atoms with van der Waals surface area (Å²) in [5, 5.41) is 5.12. The SMILES string of the molecule is COC(=O)OC1=C(c2cc(C)ccc2C)C(=O)NC12CC(C)(C)N(OC)C(C)(C)C2. The molecule has 2 heterocycles. The Bertz CT molecular complexity index is 898. The van der Waals surface area contributed by atoms with Gasteiger partial charge in [-0.2, -0.15) is 5.06 Å². The Kier molecular flexibility index (Phi) is 5.50. The van der Waals surface area contributed by atoms with Crippen molar-refractivity contribution in [2.24, 2.45) is 0 Å². The lowest BCUT2D eigenvalue weighted by Gasteiger charge is -2.56. The van der Waals surface area contributed by atoms with E-state index in [1.54, 1.807) is 7.11 Å². The Morgan fingerprint density at radius 1 is 1.07 bits per heavy atom. The average Bonchev–Trinajstić information content (AvgIpc) is 2.85. The van der Waals surface area contributed by atoms with Crippen LogP contribution in [0.3, 0.4) is 0 Å². The molecule has 1 aromatic rings. The largest absolute Gasteiger partial charge is 0.513 e. The van der Waals surface area contributed by atoms with Gasteiger partial charge in [0, 0.05) is 11.1 Å². The molecule has 1 N–H and O–H groups in total. The summed E-state index contributed by atoms with van der Waals surface area (Å²) in [6.45, 7) is 12.1. The van der Waals surface area contributed by atoms with Crippen LogP contribution in [0.2, 0.25) is 0 Å². The number of aryl methyl sites for hydroxylation is 2. The molecule has 0 atom stereocenters. The minimum atomic E-state index is -0.862. The summed E-state index contributed by atoms with van der Waals surface area (Å²) < 4.78 is 10.5. The van der Waals surface area contributed by atoms with Crippen molar-refractivity contribution in [3.05, 3.63) is 40.6 Å². The number of rotatable bonds is 3. The Morgan fingerprint density at radius 2 is 1.67 bits per heavy atom. The Hall–Kier alpha value is -2.38. The third-order valence-corrected chi connectivity index (χ3v) is 6.01. The van der Waals surface area contributed by atoms with E-state index in [0.29, 0.717) is 24.2 Å². The van der Waals surface area contributed by atoms with Crippen LogP contribution < -0.4 is 5.32 Å². The maximum Gasteiger partial charge on any atom is 0.513 e. The number of hydrogen-bond donors (Lipinski definition) is 1. The predicted octanol–water partition coefficient (Wildman–Crippen LogP) is 3.88. The number of nitrogens with one attached hydrogen (secondary N) is 1. The second kappa shape index (κ2) is 7.39. The molecule has 0 radical (unpaired) electrons. The second-order valence-corrected chi connectivity index (χ2v) is 9.57. The molecule has 0 unspecified atom stereocenters. The van der Waals surface area contributed by atoms with Crippen molar-refractivity contribution in [1.29, 1.82) is 0 Å². The number of hydroxylamine groups is 2. The molecule has 0 aromatic heterocycles. The smallest absolute Gasteiger partial charge is 0.437 e. The van der Waals surface area contributed by atoms with Crippen LogP contribution in [0, 0.1) is 13.8 Å². The molecule has 164 valence electrons. The van der Waals surface area contributed by atoms with E-state index in [9.17, 15) is 9.59 Å². The first kappa shape index (κ1) is 22.3. The van der Waals surface area contributed by atoms with E-state index in [0.717, 1.165) is 16.7 Å². The van der Waals surface area contributed by atoms with E-state index >= 15 is 0 Å². The van der Waals surface area contributed by atoms with Gasteiger partial charge in [0.15, 0.2) is 5.76 Å². The standard InChI is InChI=1S/C23H32N2O5/c1-14-9-10-15(2)16(11-14)17-18(30-20(27)28-7)23(24-19(17)26)12-21(3,4)25(29-8)22(5,6)13-23/h9-11H,12-13H2,1-8H3,(H,24,26). The van der Waals surface area contributed by atoms with Crippen LogP contribution in [0.5, 0.6) is 0 Å². The van der Waals surface area contributed by atoms with Crippen LogP contribution in [-0.2, 0) is 19.1 Å². The topological polar surface area (TPSA) is 77.1 Å². The summed E-state index contributed by atoms with van der Waals surface area (Å²) in [4.78, 5) is 31.2. The molecule has 2 aliphatic rings. The first-order chi connectivity index (χ1) is 13.9. The maximum absolute atomic E-state index is 13.3. The lowest BCUT2D eigenvalue weighted by Crippen LogP contribution is -2.68. The van der Waals surface area contributed by atoms with Crippen LogP contribution in [-0.4, -0.2) is 48.0 Å². The molecular weight excluding hydrogens is 384 g/mol. The highest BCUT2D eigenvalue weighted by atomic mass is 16.7. The van der Waals surface area contributed by atoms with Crippen molar-refractivity contribution >= 4 is 17.6 Å². The first-order valence-electron chi connectivity index (χ1n) is 10.1. The number of nitrogens with zero attached hydrogens (tertiary/aromatic N) is 1. The van der Waals surface area contributed by atoms with Gasteiger partial charge in [0.1, 0.15) is 5.54 Å². The monoisotopic (exact) mass is 416 g/mol. The van der Waals surface area contributed by atoms with Crippen molar-refractivity contribution in [2.45, 2.75) is 71.0 Å². The number of hydrogen-bond acceptors (Lipinski definition) is 6. The fourth-order valence-corrected chi connectivity index (χ4v) is 5.45. The predicted molar refractivity (Wildman–Crippen MR) is 113 cm³/mol. The zero-order chi connectivity index (χ0) is 22.5. The number of ether oxygens (including phenoxy) is 2. The molecule has 0 bridgehead atoms. The fourth-order valence-electron chi connectivity index (χ4n) is 5.45. The van der Waals surface area contributed by atoms with E-state index < -0.39 is 22.8 Å². The number of amides is 1. The molecular formula is C23H32N2O5. The molecule has 1 spiro atoms. The van der Waals surface area contributed by atoms with E-state index in [-0.39, 0.29) is 5.91 Å². The molecule has 7 nitrogen and oxygen atoms in total. The highest BCUT2D eigenvalue weighted by Gasteiger charge is 2.60. The van der Waals surface area contributed by atoms with E-state index in [2.05, 4.69) is 33.0 Å². The van der Waals surface area contributed by atoms with Crippen molar-refractivity contribution in [2.75, 3.05) is 14.2 Å². The molecule has 1 aromatic carbocycles. The van der Waals surface area contributed by atoms with Gasteiger partial charge in [-0.05, 0) is 65.5 Å². The molecule has 1 saturated heterocycles. The normalized spacial score (nSPS) is 22.2. The zero-order valence-corrected chi connectivity index (χ0v) is 19.1. The van der Waals surface area contributed by atoms with Crippen molar-refractivity contribution in [1.82, 2.24) is 10.4 Å². The van der Waals surface area contributed by atoms with Crippen LogP contribution in [0.1, 0.15) is 57.2 Å². The summed E-state index contributed by atoms with van der Waals surface area (Å²) >= 11 is 0. The summed E-state index contributed by atoms with van der Waals surface area (Å²) in [6, 6.07) is 5.91. The van der Waals surface area contributed by atoms with E-state index in [1.165, 1.54) is 7.11 Å². The zero-order valence-electron chi connectivity index (χ0n) is 19.1. The minimum absolute atomic E-state index is 0.250. The second-order valence-electron chi connectivity index (χ2n) is 9.57. The summed E-state index contributed by atoms with van der Waals surface area (Å²) in [6.07, 6.45) is 0.168. The number of carbonyl (C=O) groups excluding carboxylic acids is 2. The van der Waals surface area contributed by atoms with Gasteiger partial charge in [-0.1, -0.05) is 23.8 Å². The third-order valence-electron chi connectivity index (χ3n) is 6.01. The molecule has 0 saturated carbocycles. The van der Waals surface area contributed by atoms with Gasteiger partial charge in [-0.15, -0.1) is 0 Å². The third kappa shape index (κ3) is 3.61. The number of piperidine rings is 1. The molecule has 2 aliphatic heterocycles. The summed E-state index contributed by atoms with van der Waals surface area (Å²) in [5.41, 5.74) is 1.36. The number of methoxy groups -OCH3 is 1. The fraction of sp³-hybridized carbons (Fsp3) is 0.565. The van der Waals surface area contributed by atoms with Crippen LogP contribution >= 0.6 is 0 Å². The van der Waals surface area contributed by atoms with E-state index in [1.807, 2.05) is 37.1 Å². The Balaban J connectivity index is 2.25. The van der Waals surface area contributed by atoms with Crippen LogP contribution in [0.4, 0.5) is 4.79 Å². The minimum Gasteiger partial charge on any atom is -0.437 e. The molecule has 7 heteroatoms. The van der Waals surface area contributed by atoms with Crippen molar-refractivity contribution < 1.29 is 23.9 Å². The summed E-state index contributed by atoms with van der Waals surface area (Å²) in [5.74, 6) is 0.0741. The van der Waals surface area contributed by atoms with E-state index in [4.69, 9.17) is 14.3 Å². The molecule has 1 fully saturated rings. The van der Waals surface area contributed by atoms with Gasteiger partial charge >= 0.3 is 6.16 Å². The molecule has 0 aliphatic carbocycles. The van der Waals surface area contributed by atoms with Gasteiger partial charge in [0.25, 0.3) is 5.91 Å². The summed E-state index contributed by atoms with van der Waals surface area (Å²) in [7, 11) is 2.91. The first-order valence-corrected chi connectivity index (χ1v) is 10.1. The van der Waals surface area contributed by atoms with Crippen molar-refractivity contribution in [3.63, 3.8) is 0 Å². The Morgan fingerprint density at radius 3 is 2.20 bits per heavy atom. The van der Waals surface area contributed by atoms with Crippen molar-refractivity contribution in [3.8, 4) is 0 Å². The van der Waals surface area contributed by atoms with Gasteiger partial charge in [-0.25, -0.2) is 4.79 Å². The maximum atomic E-state index is 13.3. The average molecular weight is 417 g/mol. The highest BCUT2D eigenvalue weighted by Crippen LogP contribution is 2.51. The lowest BCUT2D eigenvalue weighted by atomic mass is 9.69. The van der Waals surface area contributed by atoms with Gasteiger partial charge in [0.05, 0.1) is 19.8 Å². The highest BCUT2D eigenvalue weighted by molar-refractivity contribution is 6.24. The molecule has 30 heavy (non-hydrogen) atoms. The van der Waals surface area contributed by atoms with Gasteiger partial charge in [0.2, 0.25) is 0 Å². The molecule has 1 amide bonds. The molecule has 3 rings (SSSR count). The number of benzene rings is 1. The van der Waals surface area contributed by atoms with Gasteiger partial charge < -0.3 is 19.6 Å². The lowest BCUT2D eigenvalue weighted by molar-refractivity contribution is -0.274. The van der Waals surface area contributed by atoms with Crippen LogP contribution in [0.15, 0.2) is 24.0 Å². The number of carbonyl (C=O) groups is 2. The Labute approximate surface area is 178 Å². The van der Waals surface area contributed by atoms with Gasteiger partial charge in [-0.3, -0.25) is 4.79 Å². The van der Waals surface area contributed by atoms with Crippen LogP contribution in [0.25, 0.3) is 5.57 Å². The quantitative estimate of drug-likeness (QED) is 0.754.